The van der Waals surface area contributed by atoms with Crippen molar-refractivity contribution in [3.8, 4) is 0 Å². The number of aliphatic hydroxyl groups excluding tert-OH is 5. The molecule has 7 atom stereocenters. The molecule has 0 bridgehead atoms. The largest absolute Gasteiger partial charge is 0.466 e. The van der Waals surface area contributed by atoms with Crippen molar-refractivity contribution in [2.45, 2.75) is 249 Å². The van der Waals surface area contributed by atoms with E-state index in [1.807, 2.05) is 6.08 Å². The zero-order valence-electron chi connectivity index (χ0n) is 40.9. The minimum absolute atomic E-state index is 0.0630. The first kappa shape index (κ1) is 60.4. The summed E-state index contributed by atoms with van der Waals surface area (Å²) in [5, 5.41) is 54.0. The van der Waals surface area contributed by atoms with Crippen LogP contribution in [0.2, 0.25) is 0 Å². The minimum Gasteiger partial charge on any atom is -0.466 e. The van der Waals surface area contributed by atoms with E-state index >= 15 is 0 Å². The molecule has 1 saturated heterocycles. The van der Waals surface area contributed by atoms with Crippen molar-refractivity contribution >= 4 is 11.9 Å². The van der Waals surface area contributed by atoms with Gasteiger partial charge in [0.1, 0.15) is 24.4 Å². The lowest BCUT2D eigenvalue weighted by atomic mass is 9.99. The van der Waals surface area contributed by atoms with Gasteiger partial charge in [0.05, 0.1) is 32.0 Å². The van der Waals surface area contributed by atoms with Crippen molar-refractivity contribution in [3.63, 3.8) is 0 Å². The van der Waals surface area contributed by atoms with E-state index in [9.17, 15) is 35.1 Å². The first-order chi connectivity index (χ1) is 31.7. The summed E-state index contributed by atoms with van der Waals surface area (Å²) < 4.78 is 16.6. The Kier molecular flexibility index (Phi) is 40.8. The van der Waals surface area contributed by atoms with Crippen LogP contribution >= 0.6 is 0 Å². The Morgan fingerprint density at radius 3 is 1.65 bits per heavy atom. The second-order valence-corrected chi connectivity index (χ2v) is 17.8. The number of amides is 1. The van der Waals surface area contributed by atoms with Gasteiger partial charge in [-0.3, -0.25) is 9.59 Å². The molecule has 376 valence electrons. The fourth-order valence-corrected chi connectivity index (χ4v) is 7.59. The zero-order chi connectivity index (χ0) is 47.4. The fourth-order valence-electron chi connectivity index (χ4n) is 7.59. The maximum absolute atomic E-state index is 12.9. The van der Waals surface area contributed by atoms with Crippen LogP contribution in [0.25, 0.3) is 0 Å². The van der Waals surface area contributed by atoms with Gasteiger partial charge in [-0.1, -0.05) is 145 Å². The van der Waals surface area contributed by atoms with Crippen LogP contribution in [0.5, 0.6) is 0 Å². The lowest BCUT2D eigenvalue weighted by molar-refractivity contribution is -0.302. The normalized spacial score (nSPS) is 20.3. The third kappa shape index (κ3) is 34.3. The van der Waals surface area contributed by atoms with E-state index < -0.39 is 49.5 Å². The third-order valence-electron chi connectivity index (χ3n) is 11.8. The van der Waals surface area contributed by atoms with Crippen molar-refractivity contribution in [1.29, 1.82) is 0 Å². The third-order valence-corrected chi connectivity index (χ3v) is 11.8. The second-order valence-electron chi connectivity index (χ2n) is 17.8. The van der Waals surface area contributed by atoms with Gasteiger partial charge < -0.3 is 45.1 Å². The molecule has 1 heterocycles. The lowest BCUT2D eigenvalue weighted by Gasteiger charge is -2.40. The molecule has 7 unspecified atom stereocenters. The van der Waals surface area contributed by atoms with Gasteiger partial charge in [-0.25, -0.2) is 0 Å². The number of unbranched alkanes of at least 4 members (excludes halogenated alkanes) is 21. The Morgan fingerprint density at radius 2 is 1.05 bits per heavy atom. The summed E-state index contributed by atoms with van der Waals surface area (Å²) in [6.45, 7) is 4.14. The van der Waals surface area contributed by atoms with E-state index in [2.05, 4.69) is 67.8 Å². The maximum Gasteiger partial charge on any atom is 0.305 e. The summed E-state index contributed by atoms with van der Waals surface area (Å²) in [6.07, 6.45) is 44.5. The average Bonchev–Trinajstić information content (AvgIpc) is 3.30. The molecule has 11 heteroatoms. The molecule has 1 amide bonds. The Labute approximate surface area is 395 Å². The summed E-state index contributed by atoms with van der Waals surface area (Å²) in [5.41, 5.74) is 0. The molecule has 0 aromatic heterocycles. The standard InChI is InChI=1S/C54H95NO10/c1-3-5-7-9-11-13-14-15-16-17-18-22-26-30-34-38-42-50(59)63-43-39-35-31-27-23-20-19-21-25-29-33-37-41-49(58)55-46(47(57)40-36-32-28-24-12-10-8-6-4-2)45-64-54-53(62)52(61)51(60)48(44-56)65-54/h12-14,16-17,20,23-24,36,40,46-48,51-54,56-57,60-62H,3-11,15,18-19,21-22,25-35,37-39,41-45H2,1-2H3,(H,55,58)/b14-13-,17-16-,23-20-,24-12+,40-36+. The summed E-state index contributed by atoms with van der Waals surface area (Å²) >= 11 is 0. The molecular weight excluding hydrogens is 823 g/mol. The van der Waals surface area contributed by atoms with Crippen LogP contribution in [0.3, 0.4) is 0 Å². The van der Waals surface area contributed by atoms with E-state index in [-0.39, 0.29) is 18.5 Å². The van der Waals surface area contributed by atoms with Gasteiger partial charge in [-0.2, -0.15) is 0 Å². The first-order valence-corrected chi connectivity index (χ1v) is 26.1. The van der Waals surface area contributed by atoms with Gasteiger partial charge in [0.15, 0.2) is 6.29 Å². The number of carbonyl (C=O) groups excluding carboxylic acids is 2. The Hall–Kier alpha value is -2.64. The van der Waals surface area contributed by atoms with Gasteiger partial charge in [0.2, 0.25) is 5.91 Å². The first-order valence-electron chi connectivity index (χ1n) is 26.1. The number of ether oxygens (including phenoxy) is 3. The van der Waals surface area contributed by atoms with Crippen molar-refractivity contribution in [2.75, 3.05) is 19.8 Å². The number of carbonyl (C=O) groups is 2. The predicted molar refractivity (Wildman–Crippen MR) is 264 cm³/mol. The number of esters is 1. The summed E-state index contributed by atoms with van der Waals surface area (Å²) in [5.74, 6) is -0.287. The molecular formula is C54H95NO10. The van der Waals surface area contributed by atoms with Crippen molar-refractivity contribution in [2.24, 2.45) is 0 Å². The van der Waals surface area contributed by atoms with E-state index in [1.165, 1.54) is 70.6 Å². The van der Waals surface area contributed by atoms with E-state index in [1.54, 1.807) is 6.08 Å². The molecule has 6 N–H and O–H groups in total. The Bertz CT molecular complexity index is 1270. The SMILES string of the molecule is CCCCC/C=C/CC/C=C/C(O)C(COC1OC(CO)C(O)C(O)C1O)NC(=O)CCCCCCC/C=C\CCCCCOC(=O)CCCCCCC/C=C\C/C=C\CCCCCC. The van der Waals surface area contributed by atoms with Gasteiger partial charge in [0.25, 0.3) is 0 Å². The molecule has 0 aromatic carbocycles. The van der Waals surface area contributed by atoms with E-state index in [4.69, 9.17) is 14.2 Å². The van der Waals surface area contributed by atoms with Crippen LogP contribution in [0.15, 0.2) is 60.8 Å². The highest BCUT2D eigenvalue weighted by Gasteiger charge is 2.44. The minimum atomic E-state index is -1.59. The van der Waals surface area contributed by atoms with Crippen molar-refractivity contribution in [3.05, 3.63) is 60.8 Å². The highest BCUT2D eigenvalue weighted by Crippen LogP contribution is 2.22. The van der Waals surface area contributed by atoms with Crippen LogP contribution < -0.4 is 5.32 Å². The summed E-state index contributed by atoms with van der Waals surface area (Å²) in [6, 6.07) is -0.847. The number of hydrogen-bond acceptors (Lipinski definition) is 10. The summed E-state index contributed by atoms with van der Waals surface area (Å²) in [4.78, 5) is 25.0. The number of aliphatic hydroxyl groups is 5. The molecule has 0 radical (unpaired) electrons. The van der Waals surface area contributed by atoms with E-state index in [0.29, 0.717) is 25.9 Å². The molecule has 1 aliphatic rings. The lowest BCUT2D eigenvalue weighted by Crippen LogP contribution is -2.60. The van der Waals surface area contributed by atoms with Crippen LogP contribution in [-0.2, 0) is 23.8 Å². The second kappa shape index (κ2) is 43.9. The molecule has 11 nitrogen and oxygen atoms in total. The number of allylic oxidation sites excluding steroid dienone is 9. The molecule has 1 fully saturated rings. The van der Waals surface area contributed by atoms with Crippen molar-refractivity contribution in [1.82, 2.24) is 5.32 Å². The summed E-state index contributed by atoms with van der Waals surface area (Å²) in [7, 11) is 0. The molecule has 0 saturated carbocycles. The highest BCUT2D eigenvalue weighted by molar-refractivity contribution is 5.76. The Morgan fingerprint density at radius 1 is 0.569 bits per heavy atom. The molecule has 0 aromatic rings. The number of hydrogen-bond donors (Lipinski definition) is 6. The topological polar surface area (TPSA) is 175 Å². The molecule has 65 heavy (non-hydrogen) atoms. The van der Waals surface area contributed by atoms with E-state index in [0.717, 1.165) is 103 Å². The number of rotatable bonds is 43. The maximum atomic E-state index is 12.9. The number of nitrogens with one attached hydrogen (secondary N) is 1. The van der Waals surface area contributed by atoms with Gasteiger partial charge in [-0.15, -0.1) is 0 Å². The quantitative estimate of drug-likeness (QED) is 0.0196. The van der Waals surface area contributed by atoms with Crippen LogP contribution in [0.1, 0.15) is 206 Å². The van der Waals surface area contributed by atoms with Gasteiger partial charge in [-0.05, 0) is 109 Å². The smallest absolute Gasteiger partial charge is 0.305 e. The van der Waals surface area contributed by atoms with Crippen LogP contribution in [0.4, 0.5) is 0 Å². The van der Waals surface area contributed by atoms with Gasteiger partial charge in [0, 0.05) is 12.8 Å². The van der Waals surface area contributed by atoms with Crippen LogP contribution in [0, 0.1) is 0 Å². The van der Waals surface area contributed by atoms with Gasteiger partial charge >= 0.3 is 5.97 Å². The molecule has 0 aliphatic carbocycles. The Balaban J connectivity index is 2.15. The van der Waals surface area contributed by atoms with Crippen LogP contribution in [-0.4, -0.2) is 100 Å². The average molecular weight is 918 g/mol. The molecule has 1 rings (SSSR count). The molecule has 1 aliphatic heterocycles. The fraction of sp³-hybridized carbons (Fsp3) is 0.778. The highest BCUT2D eigenvalue weighted by atomic mass is 16.7. The predicted octanol–water partition coefficient (Wildman–Crippen LogP) is 10.7. The molecule has 0 spiro atoms. The monoisotopic (exact) mass is 918 g/mol. The van der Waals surface area contributed by atoms with Crippen molar-refractivity contribution < 1.29 is 49.3 Å². The zero-order valence-corrected chi connectivity index (χ0v) is 40.9.